The van der Waals surface area contributed by atoms with Crippen molar-refractivity contribution in [1.29, 1.82) is 0 Å². The Morgan fingerprint density at radius 1 is 1.42 bits per heavy atom. The highest BCUT2D eigenvalue weighted by atomic mass is 16.5. The van der Waals surface area contributed by atoms with Gasteiger partial charge in [0.05, 0.1) is 6.20 Å². The van der Waals surface area contributed by atoms with Gasteiger partial charge in [0.25, 0.3) is 0 Å². The molecule has 7 heteroatoms. The lowest BCUT2D eigenvalue weighted by molar-refractivity contribution is 0.340. The summed E-state index contributed by atoms with van der Waals surface area (Å²) in [5, 5.41) is 17.5. The zero-order valence-corrected chi connectivity index (χ0v) is 11.6. The third-order valence-corrected chi connectivity index (χ3v) is 2.78. The standard InChI is InChI=1S/C12H20N6O/c1-4-13-9(5-8(2)3)6-11-15-12(17-19-11)10-7-14-18-16-10/h7-9,13H,4-6H2,1-3H3,(H,14,16,18). The van der Waals surface area contributed by atoms with E-state index >= 15 is 0 Å². The summed E-state index contributed by atoms with van der Waals surface area (Å²) >= 11 is 0. The van der Waals surface area contributed by atoms with Crippen molar-refractivity contribution in [2.24, 2.45) is 5.92 Å². The van der Waals surface area contributed by atoms with E-state index in [0.29, 0.717) is 29.4 Å². The predicted molar refractivity (Wildman–Crippen MR) is 70.3 cm³/mol. The summed E-state index contributed by atoms with van der Waals surface area (Å²) in [5.41, 5.74) is 0.596. The summed E-state index contributed by atoms with van der Waals surface area (Å²) in [6, 6.07) is 0.357. The molecule has 0 spiro atoms. The van der Waals surface area contributed by atoms with Gasteiger partial charge in [0.2, 0.25) is 11.7 Å². The molecule has 0 bridgehead atoms. The van der Waals surface area contributed by atoms with Gasteiger partial charge < -0.3 is 9.84 Å². The first-order valence-electron chi connectivity index (χ1n) is 6.61. The second kappa shape index (κ2) is 6.42. The van der Waals surface area contributed by atoms with Crippen LogP contribution in [0.1, 0.15) is 33.1 Å². The Labute approximate surface area is 112 Å². The molecule has 0 aliphatic heterocycles. The van der Waals surface area contributed by atoms with Crippen LogP contribution < -0.4 is 5.32 Å². The van der Waals surface area contributed by atoms with Gasteiger partial charge in [-0.15, -0.1) is 0 Å². The number of nitrogens with zero attached hydrogens (tertiary/aromatic N) is 4. The fraction of sp³-hybridized carbons (Fsp3) is 0.667. The largest absolute Gasteiger partial charge is 0.339 e. The Morgan fingerprint density at radius 2 is 2.26 bits per heavy atom. The number of H-pyrrole nitrogens is 1. The molecule has 2 rings (SSSR count). The van der Waals surface area contributed by atoms with Gasteiger partial charge in [-0.2, -0.15) is 20.4 Å². The summed E-state index contributed by atoms with van der Waals surface area (Å²) in [4.78, 5) is 4.34. The molecule has 2 heterocycles. The van der Waals surface area contributed by atoms with Gasteiger partial charge in [0.15, 0.2) is 5.69 Å². The number of aromatic amines is 1. The molecule has 0 aliphatic carbocycles. The van der Waals surface area contributed by atoms with E-state index in [2.05, 4.69) is 51.6 Å². The van der Waals surface area contributed by atoms with E-state index in [9.17, 15) is 0 Å². The normalized spacial score (nSPS) is 13.1. The molecule has 2 aromatic heterocycles. The zero-order chi connectivity index (χ0) is 13.7. The number of hydrogen-bond acceptors (Lipinski definition) is 6. The highest BCUT2D eigenvalue weighted by Gasteiger charge is 2.16. The van der Waals surface area contributed by atoms with Gasteiger partial charge in [-0.05, 0) is 18.9 Å². The van der Waals surface area contributed by atoms with Crippen LogP contribution in [0.3, 0.4) is 0 Å². The van der Waals surface area contributed by atoms with Gasteiger partial charge in [0, 0.05) is 12.5 Å². The second-order valence-electron chi connectivity index (χ2n) is 4.96. The molecular formula is C12H20N6O. The minimum Gasteiger partial charge on any atom is -0.339 e. The van der Waals surface area contributed by atoms with Crippen molar-refractivity contribution in [1.82, 2.24) is 30.9 Å². The maximum absolute atomic E-state index is 5.26. The minimum atomic E-state index is 0.357. The van der Waals surface area contributed by atoms with Gasteiger partial charge in [-0.3, -0.25) is 0 Å². The maximum Gasteiger partial charge on any atom is 0.228 e. The zero-order valence-electron chi connectivity index (χ0n) is 11.6. The average molecular weight is 264 g/mol. The minimum absolute atomic E-state index is 0.357. The van der Waals surface area contributed by atoms with Crippen LogP contribution in [0.2, 0.25) is 0 Å². The molecule has 0 aliphatic rings. The van der Waals surface area contributed by atoms with Crippen LogP contribution >= 0.6 is 0 Å². The monoisotopic (exact) mass is 264 g/mol. The van der Waals surface area contributed by atoms with Gasteiger partial charge in [-0.25, -0.2) is 0 Å². The van der Waals surface area contributed by atoms with Crippen molar-refractivity contribution in [3.05, 3.63) is 12.1 Å². The smallest absolute Gasteiger partial charge is 0.228 e. The number of likely N-dealkylation sites (N-methyl/N-ethyl adjacent to an activating group) is 1. The molecule has 0 saturated carbocycles. The number of rotatable bonds is 7. The molecule has 0 radical (unpaired) electrons. The first kappa shape index (κ1) is 13.7. The van der Waals surface area contributed by atoms with Gasteiger partial charge in [-0.1, -0.05) is 25.9 Å². The topological polar surface area (TPSA) is 92.5 Å². The van der Waals surface area contributed by atoms with Crippen LogP contribution in [-0.2, 0) is 6.42 Å². The van der Waals surface area contributed by atoms with E-state index in [1.807, 2.05) is 0 Å². The summed E-state index contributed by atoms with van der Waals surface area (Å²) in [6.07, 6.45) is 3.39. The molecule has 0 amide bonds. The molecule has 0 saturated heterocycles. The molecule has 19 heavy (non-hydrogen) atoms. The molecular weight excluding hydrogens is 244 g/mol. The molecule has 104 valence electrons. The Morgan fingerprint density at radius 3 is 2.89 bits per heavy atom. The van der Waals surface area contributed by atoms with E-state index in [1.165, 1.54) is 0 Å². The number of hydrogen-bond donors (Lipinski definition) is 2. The lowest BCUT2D eigenvalue weighted by Crippen LogP contribution is -2.32. The van der Waals surface area contributed by atoms with Crippen LogP contribution in [0.25, 0.3) is 11.5 Å². The molecule has 7 nitrogen and oxygen atoms in total. The number of aromatic nitrogens is 5. The average Bonchev–Trinajstić information content (AvgIpc) is 2.97. The highest BCUT2D eigenvalue weighted by Crippen LogP contribution is 2.14. The van der Waals surface area contributed by atoms with Crippen molar-refractivity contribution >= 4 is 0 Å². The van der Waals surface area contributed by atoms with Crippen LogP contribution in [0, 0.1) is 5.92 Å². The van der Waals surface area contributed by atoms with E-state index in [0.717, 1.165) is 19.4 Å². The summed E-state index contributed by atoms with van der Waals surface area (Å²) in [7, 11) is 0. The number of nitrogens with one attached hydrogen (secondary N) is 2. The van der Waals surface area contributed by atoms with E-state index < -0.39 is 0 Å². The van der Waals surface area contributed by atoms with Crippen LogP contribution in [-0.4, -0.2) is 38.1 Å². The second-order valence-corrected chi connectivity index (χ2v) is 4.96. The lowest BCUT2D eigenvalue weighted by Gasteiger charge is -2.17. The SMILES string of the molecule is CCNC(Cc1nc(-c2cn[nH]n2)no1)CC(C)C. The fourth-order valence-electron chi connectivity index (χ4n) is 2.06. The molecule has 2 aromatic rings. The van der Waals surface area contributed by atoms with Gasteiger partial charge >= 0.3 is 0 Å². The van der Waals surface area contributed by atoms with Crippen molar-refractivity contribution in [2.75, 3.05) is 6.54 Å². The Balaban J connectivity index is 2.01. The van der Waals surface area contributed by atoms with E-state index in [-0.39, 0.29) is 0 Å². The Kier molecular flexibility index (Phi) is 4.62. The first-order valence-corrected chi connectivity index (χ1v) is 6.61. The first-order chi connectivity index (χ1) is 9.19. The van der Waals surface area contributed by atoms with E-state index in [4.69, 9.17) is 4.52 Å². The molecule has 0 aromatic carbocycles. The Hall–Kier alpha value is -1.76. The fourth-order valence-corrected chi connectivity index (χ4v) is 2.06. The van der Waals surface area contributed by atoms with Crippen LogP contribution in [0.4, 0.5) is 0 Å². The molecule has 0 fully saturated rings. The third kappa shape index (κ3) is 3.85. The van der Waals surface area contributed by atoms with Crippen LogP contribution in [0.15, 0.2) is 10.7 Å². The summed E-state index contributed by atoms with van der Waals surface area (Å²) < 4.78 is 5.26. The van der Waals surface area contributed by atoms with Crippen molar-refractivity contribution in [3.8, 4) is 11.5 Å². The maximum atomic E-state index is 5.26. The molecule has 2 N–H and O–H groups in total. The lowest BCUT2D eigenvalue weighted by atomic mass is 10.0. The van der Waals surface area contributed by atoms with E-state index in [1.54, 1.807) is 6.20 Å². The third-order valence-electron chi connectivity index (χ3n) is 2.78. The summed E-state index contributed by atoms with van der Waals surface area (Å²) in [5.74, 6) is 1.73. The summed E-state index contributed by atoms with van der Waals surface area (Å²) in [6.45, 7) is 7.45. The quantitative estimate of drug-likeness (QED) is 0.785. The molecule has 1 unspecified atom stereocenters. The highest BCUT2D eigenvalue weighted by molar-refractivity contribution is 5.44. The van der Waals surface area contributed by atoms with Crippen LogP contribution in [0.5, 0.6) is 0 Å². The van der Waals surface area contributed by atoms with Crippen molar-refractivity contribution in [2.45, 2.75) is 39.7 Å². The van der Waals surface area contributed by atoms with Crippen molar-refractivity contribution < 1.29 is 4.52 Å². The molecule has 1 atom stereocenters. The van der Waals surface area contributed by atoms with Crippen molar-refractivity contribution in [3.63, 3.8) is 0 Å². The van der Waals surface area contributed by atoms with Gasteiger partial charge in [0.1, 0.15) is 0 Å². The Bertz CT molecular complexity index is 478. The predicted octanol–water partition coefficient (Wildman–Crippen LogP) is 1.42.